The summed E-state index contributed by atoms with van der Waals surface area (Å²) in [6.45, 7) is 0.850. The predicted molar refractivity (Wildman–Crippen MR) is 85.9 cm³/mol. The van der Waals surface area contributed by atoms with Crippen LogP contribution in [0, 0.1) is 0 Å². The first-order valence-corrected chi connectivity index (χ1v) is 7.31. The molecular formula is C16H14BrN3. The second-order valence-electron chi connectivity index (χ2n) is 4.52. The fraction of sp³-hybridized carbons (Fsp3) is 0.125. The Balaban J connectivity index is 1.76. The van der Waals surface area contributed by atoms with Crippen LogP contribution >= 0.6 is 15.9 Å². The normalized spacial score (nSPS) is 10.7. The van der Waals surface area contributed by atoms with E-state index in [2.05, 4.69) is 55.5 Å². The van der Waals surface area contributed by atoms with E-state index < -0.39 is 0 Å². The van der Waals surface area contributed by atoms with Gasteiger partial charge in [0, 0.05) is 16.4 Å². The fourth-order valence-electron chi connectivity index (χ4n) is 2.16. The van der Waals surface area contributed by atoms with Crippen molar-refractivity contribution in [2.45, 2.75) is 6.42 Å². The number of anilines is 1. The molecule has 0 saturated carbocycles. The molecule has 3 aromatic rings. The van der Waals surface area contributed by atoms with E-state index in [9.17, 15) is 0 Å². The molecule has 2 aromatic carbocycles. The number of benzene rings is 2. The summed E-state index contributed by atoms with van der Waals surface area (Å²) in [5.74, 6) is 0.882. The predicted octanol–water partition coefficient (Wildman–Crippen LogP) is 4.05. The van der Waals surface area contributed by atoms with E-state index in [-0.39, 0.29) is 0 Å². The average Bonchev–Trinajstić information content (AvgIpc) is 2.49. The Morgan fingerprint density at radius 1 is 0.950 bits per heavy atom. The van der Waals surface area contributed by atoms with Crippen LogP contribution < -0.4 is 5.32 Å². The SMILES string of the molecule is Brc1cccc2c(NCCc3ccccc3)ncnc12. The van der Waals surface area contributed by atoms with Gasteiger partial charge in [-0.2, -0.15) is 0 Å². The fourth-order valence-corrected chi connectivity index (χ4v) is 2.63. The first kappa shape index (κ1) is 13.1. The van der Waals surface area contributed by atoms with E-state index in [4.69, 9.17) is 0 Å². The van der Waals surface area contributed by atoms with Crippen molar-refractivity contribution in [3.63, 3.8) is 0 Å². The number of aromatic nitrogens is 2. The molecule has 0 amide bonds. The highest BCUT2D eigenvalue weighted by molar-refractivity contribution is 9.10. The summed E-state index contributed by atoms with van der Waals surface area (Å²) in [4.78, 5) is 8.65. The Labute approximate surface area is 126 Å². The van der Waals surface area contributed by atoms with Gasteiger partial charge in [-0.15, -0.1) is 0 Å². The van der Waals surface area contributed by atoms with Crippen molar-refractivity contribution >= 4 is 32.7 Å². The molecule has 0 saturated heterocycles. The van der Waals surface area contributed by atoms with Gasteiger partial charge in [0.05, 0.1) is 5.52 Å². The first-order valence-electron chi connectivity index (χ1n) is 6.51. The third kappa shape index (κ3) is 2.80. The molecule has 1 N–H and O–H groups in total. The molecule has 0 aliphatic heterocycles. The Hall–Kier alpha value is -1.94. The van der Waals surface area contributed by atoms with Crippen LogP contribution in [0.25, 0.3) is 10.9 Å². The number of nitrogens with one attached hydrogen (secondary N) is 1. The summed E-state index contributed by atoms with van der Waals surface area (Å²) in [6, 6.07) is 16.4. The molecule has 0 aliphatic rings. The Morgan fingerprint density at radius 2 is 1.80 bits per heavy atom. The lowest BCUT2D eigenvalue weighted by Gasteiger charge is -2.09. The van der Waals surface area contributed by atoms with Crippen molar-refractivity contribution in [1.82, 2.24) is 9.97 Å². The monoisotopic (exact) mass is 327 g/mol. The minimum Gasteiger partial charge on any atom is -0.369 e. The summed E-state index contributed by atoms with van der Waals surface area (Å²) in [5.41, 5.74) is 2.25. The molecule has 3 rings (SSSR count). The molecule has 0 atom stereocenters. The van der Waals surface area contributed by atoms with Crippen LogP contribution in [0.4, 0.5) is 5.82 Å². The van der Waals surface area contributed by atoms with E-state index in [0.717, 1.165) is 34.2 Å². The van der Waals surface area contributed by atoms with Gasteiger partial charge >= 0.3 is 0 Å². The van der Waals surface area contributed by atoms with Crippen LogP contribution in [0.5, 0.6) is 0 Å². The quantitative estimate of drug-likeness (QED) is 0.785. The van der Waals surface area contributed by atoms with Crippen LogP contribution in [-0.2, 0) is 6.42 Å². The number of hydrogen-bond acceptors (Lipinski definition) is 3. The van der Waals surface area contributed by atoms with Gasteiger partial charge in [-0.3, -0.25) is 0 Å². The second kappa shape index (κ2) is 6.01. The van der Waals surface area contributed by atoms with Crippen molar-refractivity contribution in [2.75, 3.05) is 11.9 Å². The van der Waals surface area contributed by atoms with Gasteiger partial charge in [0.25, 0.3) is 0 Å². The first-order chi connectivity index (χ1) is 9.84. The lowest BCUT2D eigenvalue weighted by molar-refractivity contribution is 1.01. The number of nitrogens with zero attached hydrogens (tertiary/aromatic N) is 2. The zero-order valence-corrected chi connectivity index (χ0v) is 12.5. The van der Waals surface area contributed by atoms with Crippen molar-refractivity contribution in [2.24, 2.45) is 0 Å². The van der Waals surface area contributed by atoms with Crippen LogP contribution in [0.3, 0.4) is 0 Å². The molecule has 4 heteroatoms. The van der Waals surface area contributed by atoms with Gasteiger partial charge in [-0.25, -0.2) is 9.97 Å². The summed E-state index contributed by atoms with van der Waals surface area (Å²) in [6.07, 6.45) is 2.57. The van der Waals surface area contributed by atoms with Gasteiger partial charge in [0.15, 0.2) is 0 Å². The van der Waals surface area contributed by atoms with E-state index in [1.54, 1.807) is 6.33 Å². The second-order valence-corrected chi connectivity index (χ2v) is 5.37. The van der Waals surface area contributed by atoms with Gasteiger partial charge in [-0.1, -0.05) is 36.4 Å². The molecule has 0 radical (unpaired) electrons. The molecular weight excluding hydrogens is 314 g/mol. The number of para-hydroxylation sites is 1. The summed E-state index contributed by atoms with van der Waals surface area (Å²) >= 11 is 3.52. The van der Waals surface area contributed by atoms with Crippen LogP contribution in [0.15, 0.2) is 59.3 Å². The summed E-state index contributed by atoms with van der Waals surface area (Å²) in [7, 11) is 0. The minimum atomic E-state index is 0.850. The maximum absolute atomic E-state index is 4.34. The molecule has 0 unspecified atom stereocenters. The van der Waals surface area contributed by atoms with E-state index in [1.165, 1.54) is 5.56 Å². The molecule has 100 valence electrons. The lowest BCUT2D eigenvalue weighted by atomic mass is 10.1. The van der Waals surface area contributed by atoms with Crippen molar-refractivity contribution < 1.29 is 0 Å². The topological polar surface area (TPSA) is 37.8 Å². The Kier molecular flexibility index (Phi) is 3.92. The van der Waals surface area contributed by atoms with Crippen LogP contribution in [0.2, 0.25) is 0 Å². The molecule has 3 nitrogen and oxygen atoms in total. The number of fused-ring (bicyclic) bond motifs is 1. The van der Waals surface area contributed by atoms with Crippen molar-refractivity contribution in [1.29, 1.82) is 0 Å². The van der Waals surface area contributed by atoms with Gasteiger partial charge in [0.1, 0.15) is 12.1 Å². The molecule has 20 heavy (non-hydrogen) atoms. The summed E-state index contributed by atoms with van der Waals surface area (Å²) in [5, 5.41) is 4.43. The third-order valence-electron chi connectivity index (χ3n) is 3.16. The third-order valence-corrected chi connectivity index (χ3v) is 3.80. The number of hydrogen-bond donors (Lipinski definition) is 1. The van der Waals surface area contributed by atoms with Crippen LogP contribution in [-0.4, -0.2) is 16.5 Å². The highest BCUT2D eigenvalue weighted by Gasteiger charge is 2.05. The standard InChI is InChI=1S/C16H14BrN3/c17-14-8-4-7-13-15(14)19-11-20-16(13)18-10-9-12-5-2-1-3-6-12/h1-8,11H,9-10H2,(H,18,19,20). The largest absolute Gasteiger partial charge is 0.369 e. The number of rotatable bonds is 4. The van der Waals surface area contributed by atoms with Gasteiger partial charge in [-0.05, 0) is 40.0 Å². The highest BCUT2D eigenvalue weighted by Crippen LogP contribution is 2.25. The van der Waals surface area contributed by atoms with E-state index >= 15 is 0 Å². The lowest BCUT2D eigenvalue weighted by Crippen LogP contribution is -2.07. The minimum absolute atomic E-state index is 0.850. The van der Waals surface area contributed by atoms with E-state index in [0.29, 0.717) is 0 Å². The van der Waals surface area contributed by atoms with Crippen molar-refractivity contribution in [3.8, 4) is 0 Å². The molecule has 1 aromatic heterocycles. The maximum Gasteiger partial charge on any atom is 0.137 e. The molecule has 0 spiro atoms. The summed E-state index contributed by atoms with van der Waals surface area (Å²) < 4.78 is 0.989. The molecule has 1 heterocycles. The molecule has 0 fully saturated rings. The average molecular weight is 328 g/mol. The smallest absolute Gasteiger partial charge is 0.137 e. The zero-order valence-electron chi connectivity index (χ0n) is 10.9. The van der Waals surface area contributed by atoms with Gasteiger partial charge < -0.3 is 5.32 Å². The van der Waals surface area contributed by atoms with Gasteiger partial charge in [0.2, 0.25) is 0 Å². The van der Waals surface area contributed by atoms with Crippen molar-refractivity contribution in [3.05, 3.63) is 64.9 Å². The van der Waals surface area contributed by atoms with Crippen LogP contribution in [0.1, 0.15) is 5.56 Å². The highest BCUT2D eigenvalue weighted by atomic mass is 79.9. The zero-order chi connectivity index (χ0) is 13.8. The Morgan fingerprint density at radius 3 is 2.65 bits per heavy atom. The maximum atomic E-state index is 4.34. The molecule has 0 aliphatic carbocycles. The van der Waals surface area contributed by atoms with E-state index in [1.807, 2.05) is 24.3 Å². The number of halogens is 1. The Bertz CT molecular complexity index is 713. The molecule has 0 bridgehead atoms.